The van der Waals surface area contributed by atoms with Crippen LogP contribution in [0.5, 0.6) is 0 Å². The highest BCUT2D eigenvalue weighted by atomic mass is 16.2. The molecule has 146 valence electrons. The molecule has 1 aliphatic heterocycles. The summed E-state index contributed by atoms with van der Waals surface area (Å²) >= 11 is 0. The second-order valence-electron chi connectivity index (χ2n) is 6.99. The normalized spacial score (nSPS) is 13.9. The molecule has 3 rings (SSSR count). The molecule has 0 aliphatic carbocycles. The molecule has 6 heteroatoms. The molecule has 0 saturated carbocycles. The van der Waals surface area contributed by atoms with Crippen molar-refractivity contribution in [3.8, 4) is 0 Å². The van der Waals surface area contributed by atoms with Gasteiger partial charge in [0, 0.05) is 50.8 Å². The number of benzene rings is 2. The van der Waals surface area contributed by atoms with Crippen molar-refractivity contribution in [2.24, 2.45) is 0 Å². The van der Waals surface area contributed by atoms with E-state index < -0.39 is 0 Å². The van der Waals surface area contributed by atoms with Gasteiger partial charge >= 0.3 is 0 Å². The molecule has 1 aliphatic rings. The Hall–Kier alpha value is -3.15. The van der Waals surface area contributed by atoms with E-state index in [1.165, 1.54) is 6.92 Å². The summed E-state index contributed by atoms with van der Waals surface area (Å²) in [7, 11) is 0. The first-order chi connectivity index (χ1) is 13.5. The Morgan fingerprint density at radius 2 is 1.54 bits per heavy atom. The van der Waals surface area contributed by atoms with Crippen LogP contribution < -0.4 is 5.32 Å². The van der Waals surface area contributed by atoms with Crippen molar-refractivity contribution in [3.05, 3.63) is 70.8 Å². The molecule has 0 bridgehead atoms. The van der Waals surface area contributed by atoms with Crippen LogP contribution in [0, 0.1) is 6.92 Å². The lowest BCUT2D eigenvalue weighted by Crippen LogP contribution is -2.50. The van der Waals surface area contributed by atoms with Crippen molar-refractivity contribution in [1.29, 1.82) is 0 Å². The highest BCUT2D eigenvalue weighted by Crippen LogP contribution is 2.12. The molecule has 28 heavy (non-hydrogen) atoms. The first kappa shape index (κ1) is 19.6. The van der Waals surface area contributed by atoms with Crippen LogP contribution in [0.25, 0.3) is 0 Å². The van der Waals surface area contributed by atoms with Gasteiger partial charge in [0.05, 0.1) is 0 Å². The minimum atomic E-state index is -0.209. The summed E-state index contributed by atoms with van der Waals surface area (Å²) in [4.78, 5) is 40.2. The monoisotopic (exact) mass is 379 g/mol. The van der Waals surface area contributed by atoms with Crippen molar-refractivity contribution < 1.29 is 14.4 Å². The molecule has 0 atom stereocenters. The molecule has 0 spiro atoms. The average molecular weight is 379 g/mol. The van der Waals surface area contributed by atoms with Gasteiger partial charge in [-0.2, -0.15) is 0 Å². The largest absolute Gasteiger partial charge is 0.348 e. The van der Waals surface area contributed by atoms with Crippen LogP contribution >= 0.6 is 0 Å². The molecular formula is C22H25N3O3. The number of carbonyl (C=O) groups excluding carboxylic acids is 3. The first-order valence-electron chi connectivity index (χ1n) is 9.43. The molecule has 3 amide bonds. The lowest BCUT2D eigenvalue weighted by molar-refractivity contribution is -0.130. The highest BCUT2D eigenvalue weighted by Gasteiger charge is 2.23. The third-order valence-electron chi connectivity index (χ3n) is 5.08. The molecule has 6 nitrogen and oxygen atoms in total. The number of nitrogens with one attached hydrogen (secondary N) is 1. The number of amides is 3. The number of aryl methyl sites for hydroxylation is 1. The Morgan fingerprint density at radius 1 is 0.893 bits per heavy atom. The van der Waals surface area contributed by atoms with Gasteiger partial charge in [0.2, 0.25) is 5.91 Å². The zero-order valence-corrected chi connectivity index (χ0v) is 16.3. The fourth-order valence-electron chi connectivity index (χ4n) is 3.29. The molecule has 1 saturated heterocycles. The molecule has 2 aromatic carbocycles. The SMILES string of the molecule is CC(=O)N1CCN(C(=O)c2cccc(C(=O)NCc3ccccc3C)c2)CC1. The number of hydrogen-bond donors (Lipinski definition) is 1. The van der Waals surface area contributed by atoms with Crippen LogP contribution in [0.2, 0.25) is 0 Å². The van der Waals surface area contributed by atoms with Gasteiger partial charge in [-0.15, -0.1) is 0 Å². The van der Waals surface area contributed by atoms with Gasteiger partial charge < -0.3 is 15.1 Å². The lowest BCUT2D eigenvalue weighted by Gasteiger charge is -2.34. The maximum absolute atomic E-state index is 12.8. The van der Waals surface area contributed by atoms with E-state index >= 15 is 0 Å². The van der Waals surface area contributed by atoms with E-state index in [1.807, 2.05) is 31.2 Å². The van der Waals surface area contributed by atoms with Gasteiger partial charge in [0.15, 0.2) is 0 Å². The molecule has 0 aromatic heterocycles. The fraction of sp³-hybridized carbons (Fsp3) is 0.318. The van der Waals surface area contributed by atoms with Crippen LogP contribution in [-0.4, -0.2) is 53.7 Å². The summed E-state index contributed by atoms with van der Waals surface area (Å²) < 4.78 is 0. The van der Waals surface area contributed by atoms with Gasteiger partial charge in [0.1, 0.15) is 0 Å². The Morgan fingerprint density at radius 3 is 2.21 bits per heavy atom. The minimum absolute atomic E-state index is 0.0272. The van der Waals surface area contributed by atoms with E-state index in [-0.39, 0.29) is 17.7 Å². The predicted molar refractivity (Wildman–Crippen MR) is 107 cm³/mol. The minimum Gasteiger partial charge on any atom is -0.348 e. The third kappa shape index (κ3) is 4.57. The third-order valence-corrected chi connectivity index (χ3v) is 5.08. The molecule has 2 aromatic rings. The number of carbonyl (C=O) groups is 3. The summed E-state index contributed by atoms with van der Waals surface area (Å²) in [5.41, 5.74) is 3.13. The van der Waals surface area contributed by atoms with E-state index in [9.17, 15) is 14.4 Å². The maximum Gasteiger partial charge on any atom is 0.253 e. The van der Waals surface area contributed by atoms with Crippen molar-refractivity contribution in [2.45, 2.75) is 20.4 Å². The number of hydrogen-bond acceptors (Lipinski definition) is 3. The van der Waals surface area contributed by atoms with Crippen molar-refractivity contribution in [2.75, 3.05) is 26.2 Å². The standard InChI is InChI=1S/C22H25N3O3/c1-16-6-3-4-7-20(16)15-23-21(27)18-8-5-9-19(14-18)22(28)25-12-10-24(11-13-25)17(2)26/h3-9,14H,10-13,15H2,1-2H3,(H,23,27). The fourth-order valence-corrected chi connectivity index (χ4v) is 3.29. The second-order valence-corrected chi connectivity index (χ2v) is 6.99. The Kier molecular flexibility index (Phi) is 6.09. The summed E-state index contributed by atoms with van der Waals surface area (Å²) in [6.45, 7) is 6.07. The lowest BCUT2D eigenvalue weighted by atomic mass is 10.1. The van der Waals surface area contributed by atoms with Crippen LogP contribution in [0.3, 0.4) is 0 Å². The number of piperazine rings is 1. The van der Waals surface area contributed by atoms with Gasteiger partial charge in [0.25, 0.3) is 11.8 Å². The molecule has 0 radical (unpaired) electrons. The van der Waals surface area contributed by atoms with Crippen molar-refractivity contribution in [3.63, 3.8) is 0 Å². The van der Waals surface area contributed by atoms with Crippen LogP contribution in [0.15, 0.2) is 48.5 Å². The van der Waals surface area contributed by atoms with E-state index in [2.05, 4.69) is 5.32 Å². The topological polar surface area (TPSA) is 69.7 Å². The Labute approximate surface area is 165 Å². The quantitative estimate of drug-likeness (QED) is 0.886. The Bertz CT molecular complexity index is 886. The van der Waals surface area contributed by atoms with Gasteiger partial charge in [-0.3, -0.25) is 14.4 Å². The Balaban J connectivity index is 1.63. The van der Waals surface area contributed by atoms with Crippen LogP contribution in [0.1, 0.15) is 38.8 Å². The summed E-state index contributed by atoms with van der Waals surface area (Å²) in [5.74, 6) is -0.296. The molecule has 1 N–H and O–H groups in total. The van der Waals surface area contributed by atoms with Gasteiger partial charge in [-0.1, -0.05) is 30.3 Å². The summed E-state index contributed by atoms with van der Waals surface area (Å²) in [6.07, 6.45) is 0. The molecule has 1 fully saturated rings. The maximum atomic E-state index is 12.8. The van der Waals surface area contributed by atoms with E-state index in [1.54, 1.807) is 34.1 Å². The molecule has 1 heterocycles. The number of nitrogens with zero attached hydrogens (tertiary/aromatic N) is 2. The van der Waals surface area contributed by atoms with Gasteiger partial charge in [-0.25, -0.2) is 0 Å². The van der Waals surface area contributed by atoms with Crippen molar-refractivity contribution >= 4 is 17.7 Å². The smallest absolute Gasteiger partial charge is 0.253 e. The zero-order valence-electron chi connectivity index (χ0n) is 16.3. The summed E-state index contributed by atoms with van der Waals surface area (Å²) in [5, 5.41) is 2.91. The van der Waals surface area contributed by atoms with E-state index in [4.69, 9.17) is 0 Å². The molecule has 0 unspecified atom stereocenters. The average Bonchev–Trinajstić information content (AvgIpc) is 2.72. The van der Waals surface area contributed by atoms with E-state index in [0.717, 1.165) is 11.1 Å². The number of rotatable bonds is 4. The van der Waals surface area contributed by atoms with Crippen LogP contribution in [0.4, 0.5) is 0 Å². The summed E-state index contributed by atoms with van der Waals surface area (Å²) in [6, 6.07) is 14.7. The van der Waals surface area contributed by atoms with Crippen LogP contribution in [-0.2, 0) is 11.3 Å². The van der Waals surface area contributed by atoms with Gasteiger partial charge in [-0.05, 0) is 36.2 Å². The van der Waals surface area contributed by atoms with Crippen molar-refractivity contribution in [1.82, 2.24) is 15.1 Å². The van der Waals surface area contributed by atoms with E-state index in [0.29, 0.717) is 43.9 Å². The molecular weight excluding hydrogens is 354 g/mol. The first-order valence-corrected chi connectivity index (χ1v) is 9.43. The predicted octanol–water partition coefficient (Wildman–Crippen LogP) is 2.23. The second kappa shape index (κ2) is 8.69. The highest BCUT2D eigenvalue weighted by molar-refractivity contribution is 5.99. The zero-order chi connectivity index (χ0) is 20.1.